The molecule has 32 heavy (non-hydrogen) atoms. The quantitative estimate of drug-likeness (QED) is 0.475. The number of carbonyl (C=O) groups excluding carboxylic acids is 2. The second kappa shape index (κ2) is 10.9. The molecule has 0 aliphatic carbocycles. The fraction of sp³-hybridized carbons (Fsp3) is 0.208. The molecule has 2 aromatic carbocycles. The molecule has 8 heteroatoms. The van der Waals surface area contributed by atoms with Crippen LogP contribution >= 0.6 is 11.6 Å². The minimum absolute atomic E-state index is 0.126. The lowest BCUT2D eigenvalue weighted by atomic mass is 10.0. The molecule has 0 atom stereocenters. The van der Waals surface area contributed by atoms with Crippen LogP contribution in [0, 0.1) is 22.7 Å². The van der Waals surface area contributed by atoms with E-state index < -0.39 is 18.5 Å². The first kappa shape index (κ1) is 22.7. The summed E-state index contributed by atoms with van der Waals surface area (Å²) in [6.45, 7) is -0.152. The van der Waals surface area contributed by atoms with Crippen molar-refractivity contribution in [2.75, 3.05) is 19.7 Å². The molecular weight excluding hydrogens is 428 g/mol. The number of para-hydroxylation sites is 1. The first-order valence-electron chi connectivity index (χ1n) is 9.88. The Balaban J connectivity index is 1.86. The van der Waals surface area contributed by atoms with Crippen LogP contribution in [0.2, 0.25) is 5.02 Å². The summed E-state index contributed by atoms with van der Waals surface area (Å²) in [5.74, 6) is -1.14. The van der Waals surface area contributed by atoms with Crippen molar-refractivity contribution in [1.82, 2.24) is 9.88 Å². The molecule has 0 fully saturated rings. The van der Waals surface area contributed by atoms with Crippen molar-refractivity contribution in [3.05, 3.63) is 65.2 Å². The topological polar surface area (TPSA) is 107 Å². The molecule has 0 N–H and O–H groups in total. The highest BCUT2D eigenvalue weighted by atomic mass is 35.5. The molecule has 0 saturated heterocycles. The number of pyridine rings is 1. The molecule has 1 heterocycles. The Kier molecular flexibility index (Phi) is 7.75. The summed E-state index contributed by atoms with van der Waals surface area (Å²) in [6, 6.07) is 19.8. The molecule has 3 rings (SSSR count). The van der Waals surface area contributed by atoms with E-state index in [0.717, 1.165) is 0 Å². The van der Waals surface area contributed by atoms with Crippen molar-refractivity contribution in [3.63, 3.8) is 0 Å². The zero-order valence-corrected chi connectivity index (χ0v) is 17.9. The maximum Gasteiger partial charge on any atom is 0.339 e. The summed E-state index contributed by atoms with van der Waals surface area (Å²) in [5, 5.41) is 18.6. The molecule has 0 saturated carbocycles. The van der Waals surface area contributed by atoms with Gasteiger partial charge in [-0.25, -0.2) is 9.78 Å². The zero-order chi connectivity index (χ0) is 22.9. The van der Waals surface area contributed by atoms with E-state index in [1.165, 1.54) is 4.90 Å². The van der Waals surface area contributed by atoms with Gasteiger partial charge in [0.1, 0.15) is 0 Å². The number of ether oxygens (including phenoxy) is 1. The largest absolute Gasteiger partial charge is 0.452 e. The molecule has 1 amide bonds. The standard InChI is InChI=1S/C24H19ClN4O3/c25-20-9-3-1-8-18(20)22-15-19(17-7-2-4-10-21(17)28-22)24(31)32-16-23(30)29(13-5-11-26)14-6-12-27/h1-4,7-10,15H,5-6,13-14,16H2. The number of esters is 1. The zero-order valence-electron chi connectivity index (χ0n) is 17.1. The van der Waals surface area contributed by atoms with E-state index in [1.807, 2.05) is 24.3 Å². The third kappa shape index (κ3) is 5.40. The van der Waals surface area contributed by atoms with Gasteiger partial charge in [-0.2, -0.15) is 10.5 Å². The maximum atomic E-state index is 12.9. The van der Waals surface area contributed by atoms with Crippen molar-refractivity contribution < 1.29 is 14.3 Å². The minimum atomic E-state index is -0.675. The average Bonchev–Trinajstić information content (AvgIpc) is 2.82. The average molecular weight is 447 g/mol. The molecule has 0 bridgehead atoms. The molecule has 0 aliphatic rings. The van der Waals surface area contributed by atoms with Crippen LogP contribution in [0.3, 0.4) is 0 Å². The van der Waals surface area contributed by atoms with E-state index in [9.17, 15) is 9.59 Å². The third-order valence-corrected chi connectivity index (χ3v) is 5.08. The molecule has 0 radical (unpaired) electrons. The number of benzene rings is 2. The van der Waals surface area contributed by atoms with Crippen LogP contribution < -0.4 is 0 Å². The van der Waals surface area contributed by atoms with Gasteiger partial charge in [-0.1, -0.05) is 48.0 Å². The summed E-state index contributed by atoms with van der Waals surface area (Å²) in [4.78, 5) is 31.4. The summed E-state index contributed by atoms with van der Waals surface area (Å²) in [5.41, 5.74) is 2.04. The van der Waals surface area contributed by atoms with Crippen LogP contribution in [0.4, 0.5) is 0 Å². The number of carbonyl (C=O) groups is 2. The monoisotopic (exact) mass is 446 g/mol. The number of halogens is 1. The predicted molar refractivity (Wildman–Crippen MR) is 120 cm³/mol. The van der Waals surface area contributed by atoms with E-state index in [4.69, 9.17) is 26.9 Å². The van der Waals surface area contributed by atoms with Gasteiger partial charge in [0.2, 0.25) is 0 Å². The SMILES string of the molecule is N#CCCN(CCC#N)C(=O)COC(=O)c1cc(-c2ccccc2Cl)nc2ccccc12. The molecule has 0 spiro atoms. The van der Waals surface area contributed by atoms with Crippen molar-refractivity contribution in [1.29, 1.82) is 10.5 Å². The highest BCUT2D eigenvalue weighted by Crippen LogP contribution is 2.30. The van der Waals surface area contributed by atoms with Gasteiger partial charge in [0, 0.05) is 29.1 Å². The smallest absolute Gasteiger partial charge is 0.339 e. The van der Waals surface area contributed by atoms with Gasteiger partial charge in [-0.05, 0) is 18.2 Å². The highest BCUT2D eigenvalue weighted by Gasteiger charge is 2.19. The number of nitrogens with zero attached hydrogens (tertiary/aromatic N) is 4. The van der Waals surface area contributed by atoms with Gasteiger partial charge >= 0.3 is 5.97 Å². The summed E-state index contributed by atoms with van der Waals surface area (Å²) < 4.78 is 5.30. The van der Waals surface area contributed by atoms with E-state index in [1.54, 1.807) is 42.5 Å². The fourth-order valence-electron chi connectivity index (χ4n) is 3.18. The van der Waals surface area contributed by atoms with E-state index in [2.05, 4.69) is 4.98 Å². The van der Waals surface area contributed by atoms with Gasteiger partial charge in [-0.15, -0.1) is 0 Å². The predicted octanol–water partition coefficient (Wildman–Crippen LogP) is 4.37. The summed E-state index contributed by atoms with van der Waals surface area (Å²) in [7, 11) is 0. The number of hydrogen-bond donors (Lipinski definition) is 0. The van der Waals surface area contributed by atoms with Crippen molar-refractivity contribution in [3.8, 4) is 23.4 Å². The van der Waals surface area contributed by atoms with Crippen molar-refractivity contribution >= 4 is 34.4 Å². The third-order valence-electron chi connectivity index (χ3n) is 4.75. The number of nitriles is 2. The molecule has 1 aromatic heterocycles. The number of fused-ring (bicyclic) bond motifs is 1. The molecule has 3 aromatic rings. The van der Waals surface area contributed by atoms with Crippen LogP contribution in [0.15, 0.2) is 54.6 Å². The lowest BCUT2D eigenvalue weighted by Gasteiger charge is -2.20. The molecule has 0 unspecified atom stereocenters. The first-order chi connectivity index (χ1) is 15.5. The van der Waals surface area contributed by atoms with Crippen LogP contribution in [-0.4, -0.2) is 41.5 Å². The summed E-state index contributed by atoms with van der Waals surface area (Å²) in [6.07, 6.45) is 0.253. The number of aromatic nitrogens is 1. The second-order valence-corrected chi connectivity index (χ2v) is 7.23. The van der Waals surface area contributed by atoms with Gasteiger partial charge in [0.15, 0.2) is 6.61 Å². The van der Waals surface area contributed by atoms with Crippen LogP contribution in [0.5, 0.6) is 0 Å². The molecular formula is C24H19ClN4O3. The minimum Gasteiger partial charge on any atom is -0.452 e. The Hall–Kier alpha value is -3.94. The van der Waals surface area contributed by atoms with Gasteiger partial charge in [-0.3, -0.25) is 4.79 Å². The molecule has 7 nitrogen and oxygen atoms in total. The Bertz CT molecular complexity index is 1210. The van der Waals surface area contributed by atoms with E-state index in [0.29, 0.717) is 27.2 Å². The number of rotatable bonds is 8. The Morgan fingerprint density at radius 1 is 1.00 bits per heavy atom. The van der Waals surface area contributed by atoms with Gasteiger partial charge < -0.3 is 9.64 Å². The van der Waals surface area contributed by atoms with Crippen molar-refractivity contribution in [2.45, 2.75) is 12.8 Å². The second-order valence-electron chi connectivity index (χ2n) is 6.83. The Morgan fingerprint density at radius 2 is 1.66 bits per heavy atom. The van der Waals surface area contributed by atoms with Crippen LogP contribution in [0.25, 0.3) is 22.2 Å². The highest BCUT2D eigenvalue weighted by molar-refractivity contribution is 6.33. The van der Waals surface area contributed by atoms with Crippen molar-refractivity contribution in [2.24, 2.45) is 0 Å². The lowest BCUT2D eigenvalue weighted by molar-refractivity contribution is -0.134. The molecule has 0 aliphatic heterocycles. The summed E-state index contributed by atoms with van der Waals surface area (Å²) >= 11 is 6.31. The van der Waals surface area contributed by atoms with Gasteiger partial charge in [0.25, 0.3) is 5.91 Å². The van der Waals surface area contributed by atoms with Crippen LogP contribution in [-0.2, 0) is 9.53 Å². The first-order valence-corrected chi connectivity index (χ1v) is 10.3. The number of hydrogen-bond acceptors (Lipinski definition) is 6. The van der Waals surface area contributed by atoms with Gasteiger partial charge in [0.05, 0.1) is 41.8 Å². The maximum absolute atomic E-state index is 12.9. The Labute approximate surface area is 190 Å². The Morgan fingerprint density at radius 3 is 2.34 bits per heavy atom. The number of amides is 1. The normalized spacial score (nSPS) is 10.2. The lowest BCUT2D eigenvalue weighted by Crippen LogP contribution is -2.36. The van der Waals surface area contributed by atoms with E-state index >= 15 is 0 Å². The molecule has 160 valence electrons. The van der Waals surface area contributed by atoms with Crippen LogP contribution in [0.1, 0.15) is 23.2 Å². The fourth-order valence-corrected chi connectivity index (χ4v) is 3.41. The van der Waals surface area contributed by atoms with E-state index in [-0.39, 0.29) is 31.5 Å².